The van der Waals surface area contributed by atoms with Crippen LogP contribution in [0.15, 0.2) is 60.7 Å². The van der Waals surface area contributed by atoms with Crippen LogP contribution in [0.4, 0.5) is 0 Å². The Hall–Kier alpha value is -3.36. The first-order valence-electron chi connectivity index (χ1n) is 14.7. The second-order valence-corrected chi connectivity index (χ2v) is 11.3. The molecule has 2 aromatic rings. The fourth-order valence-corrected chi connectivity index (χ4v) is 6.13. The predicted octanol–water partition coefficient (Wildman–Crippen LogP) is 3.41. The summed E-state index contributed by atoms with van der Waals surface area (Å²) in [6, 6.07) is 15.2. The molecule has 3 heterocycles. The lowest BCUT2D eigenvalue weighted by Crippen LogP contribution is -2.47. The molecule has 214 valence electrons. The number of hydrogen-bond acceptors (Lipinski definition) is 6. The van der Waals surface area contributed by atoms with Crippen molar-refractivity contribution in [1.82, 2.24) is 20.0 Å². The van der Waals surface area contributed by atoms with Crippen LogP contribution in [0.25, 0.3) is 0 Å². The first kappa shape index (κ1) is 28.2. The van der Waals surface area contributed by atoms with Crippen molar-refractivity contribution in [3.63, 3.8) is 0 Å². The van der Waals surface area contributed by atoms with E-state index in [1.807, 2.05) is 47.4 Å². The lowest BCUT2D eigenvalue weighted by Gasteiger charge is -2.38. The van der Waals surface area contributed by atoms with Crippen molar-refractivity contribution in [3.05, 3.63) is 71.8 Å². The number of nitrogens with one attached hydrogen (secondary N) is 1. The van der Waals surface area contributed by atoms with Gasteiger partial charge in [-0.1, -0.05) is 48.6 Å². The summed E-state index contributed by atoms with van der Waals surface area (Å²) in [6.45, 7) is 6.74. The third-order valence-electron chi connectivity index (χ3n) is 8.39. The Labute approximate surface area is 237 Å². The number of rotatable bonds is 7. The third kappa shape index (κ3) is 7.64. The van der Waals surface area contributed by atoms with Crippen molar-refractivity contribution in [2.45, 2.75) is 38.8 Å². The number of likely N-dealkylation sites (tertiary alicyclic amines) is 1. The van der Waals surface area contributed by atoms with E-state index in [1.54, 1.807) is 12.1 Å². The third-order valence-corrected chi connectivity index (χ3v) is 8.39. The van der Waals surface area contributed by atoms with Crippen LogP contribution in [-0.2, 0) is 22.7 Å². The molecular weight excluding hydrogens is 504 g/mol. The number of fused-ring (bicyclic) bond motifs is 3. The summed E-state index contributed by atoms with van der Waals surface area (Å²) in [5, 5.41) is 13.5. The van der Waals surface area contributed by atoms with Crippen molar-refractivity contribution in [1.29, 1.82) is 0 Å². The normalized spacial score (nSPS) is 23.3. The molecule has 2 aromatic carbocycles. The van der Waals surface area contributed by atoms with E-state index in [-0.39, 0.29) is 35.9 Å². The van der Waals surface area contributed by atoms with Gasteiger partial charge in [0, 0.05) is 56.8 Å². The SMILES string of the molecule is O=C(C[C@@H]1CCN2C[C@@H]1/C=C\COc1ccccc1CN(Cc1ccccc1O)CC2=O)NCCN1CCCC1. The number of nitrogens with zero attached hydrogens (tertiary/aromatic N) is 3. The molecule has 0 spiro atoms. The molecule has 0 radical (unpaired) electrons. The first-order valence-corrected chi connectivity index (χ1v) is 14.7. The minimum absolute atomic E-state index is 0.0694. The average Bonchev–Trinajstić information content (AvgIpc) is 3.47. The molecule has 2 saturated heterocycles. The van der Waals surface area contributed by atoms with Crippen LogP contribution >= 0.6 is 0 Å². The molecule has 3 aliphatic rings. The maximum Gasteiger partial charge on any atom is 0.236 e. The molecule has 0 aromatic heterocycles. The van der Waals surface area contributed by atoms with Gasteiger partial charge in [-0.3, -0.25) is 14.5 Å². The predicted molar refractivity (Wildman–Crippen MR) is 155 cm³/mol. The second kappa shape index (κ2) is 13.8. The van der Waals surface area contributed by atoms with Crippen LogP contribution < -0.4 is 10.1 Å². The van der Waals surface area contributed by atoms with E-state index in [1.165, 1.54) is 12.8 Å². The van der Waals surface area contributed by atoms with Crippen LogP contribution in [0.1, 0.15) is 36.8 Å². The number of phenols is 1. The van der Waals surface area contributed by atoms with E-state index >= 15 is 0 Å². The van der Waals surface area contributed by atoms with E-state index in [4.69, 9.17) is 4.74 Å². The standard InChI is InChI=1S/C32H42N4O4/c37-29-11-3-1-8-27(29)21-35-22-28-9-2-4-12-30(28)40-19-7-10-26-23-36(32(39)24-35)17-13-25(26)20-31(38)33-14-18-34-15-5-6-16-34/h1-4,7-12,25-26,37H,5-6,13-24H2,(H,33,38)/b10-7-/t25-,26-/m0/s1. The Morgan fingerprint density at radius 1 is 1.00 bits per heavy atom. The highest BCUT2D eigenvalue weighted by Gasteiger charge is 2.32. The second-order valence-electron chi connectivity index (χ2n) is 11.3. The van der Waals surface area contributed by atoms with Crippen molar-refractivity contribution >= 4 is 11.8 Å². The maximum atomic E-state index is 13.6. The number of amides is 2. The summed E-state index contributed by atoms with van der Waals surface area (Å²) in [5.74, 6) is 1.46. The van der Waals surface area contributed by atoms with Gasteiger partial charge < -0.3 is 25.0 Å². The van der Waals surface area contributed by atoms with Gasteiger partial charge in [-0.15, -0.1) is 0 Å². The van der Waals surface area contributed by atoms with E-state index in [0.29, 0.717) is 45.8 Å². The zero-order chi connectivity index (χ0) is 27.7. The molecule has 2 amide bonds. The largest absolute Gasteiger partial charge is 0.508 e. The molecule has 2 bridgehead atoms. The molecule has 0 unspecified atom stereocenters. The highest BCUT2D eigenvalue weighted by molar-refractivity contribution is 5.79. The highest BCUT2D eigenvalue weighted by Crippen LogP contribution is 2.29. The summed E-state index contributed by atoms with van der Waals surface area (Å²) < 4.78 is 6.16. The quantitative estimate of drug-likeness (QED) is 0.518. The molecule has 0 saturated carbocycles. The molecule has 8 heteroatoms. The highest BCUT2D eigenvalue weighted by atomic mass is 16.5. The van der Waals surface area contributed by atoms with Crippen LogP contribution in [0.3, 0.4) is 0 Å². The van der Waals surface area contributed by atoms with Crippen molar-refractivity contribution in [2.24, 2.45) is 11.8 Å². The Morgan fingerprint density at radius 3 is 2.65 bits per heavy atom. The number of carbonyl (C=O) groups is 2. The van der Waals surface area contributed by atoms with Gasteiger partial charge in [0.05, 0.1) is 6.54 Å². The number of ether oxygens (including phenoxy) is 1. The summed E-state index contributed by atoms with van der Waals surface area (Å²) in [7, 11) is 0. The topological polar surface area (TPSA) is 85.4 Å². The van der Waals surface area contributed by atoms with Gasteiger partial charge in [-0.2, -0.15) is 0 Å². The smallest absolute Gasteiger partial charge is 0.236 e. The molecular formula is C32H42N4O4. The van der Waals surface area contributed by atoms with Crippen molar-refractivity contribution < 1.29 is 19.4 Å². The van der Waals surface area contributed by atoms with Crippen LogP contribution in [-0.4, -0.2) is 84.0 Å². The summed E-state index contributed by atoms with van der Waals surface area (Å²) in [5.41, 5.74) is 1.78. The van der Waals surface area contributed by atoms with Gasteiger partial charge in [0.15, 0.2) is 0 Å². The number of hydrogen-bond donors (Lipinski definition) is 2. The number of piperidine rings is 1. The zero-order valence-electron chi connectivity index (χ0n) is 23.3. The molecule has 2 atom stereocenters. The van der Waals surface area contributed by atoms with Crippen LogP contribution in [0.2, 0.25) is 0 Å². The minimum atomic E-state index is 0.0694. The number of carbonyl (C=O) groups excluding carboxylic acids is 2. The maximum absolute atomic E-state index is 13.6. The Balaban J connectivity index is 1.28. The number of aromatic hydroxyl groups is 1. The molecule has 2 fully saturated rings. The van der Waals surface area contributed by atoms with Gasteiger partial charge in [0.1, 0.15) is 18.1 Å². The molecule has 2 N–H and O–H groups in total. The van der Waals surface area contributed by atoms with Gasteiger partial charge in [0.2, 0.25) is 11.8 Å². The zero-order valence-corrected chi connectivity index (χ0v) is 23.3. The van der Waals surface area contributed by atoms with E-state index < -0.39 is 0 Å². The summed E-state index contributed by atoms with van der Waals surface area (Å²) in [4.78, 5) is 32.9. The van der Waals surface area contributed by atoms with Crippen molar-refractivity contribution in [3.8, 4) is 11.5 Å². The Kier molecular flexibility index (Phi) is 9.73. The number of benzene rings is 2. The summed E-state index contributed by atoms with van der Waals surface area (Å²) in [6.07, 6.45) is 7.94. The monoisotopic (exact) mass is 546 g/mol. The van der Waals surface area contributed by atoms with E-state index in [0.717, 1.165) is 42.9 Å². The Bertz CT molecular complexity index is 1180. The first-order chi connectivity index (χ1) is 19.5. The molecule has 40 heavy (non-hydrogen) atoms. The number of phenolic OH excluding ortho intramolecular Hbond substituents is 1. The van der Waals surface area contributed by atoms with Crippen molar-refractivity contribution in [2.75, 3.05) is 52.4 Å². The summed E-state index contributed by atoms with van der Waals surface area (Å²) >= 11 is 0. The molecule has 8 nitrogen and oxygen atoms in total. The van der Waals surface area contributed by atoms with Crippen LogP contribution in [0.5, 0.6) is 11.5 Å². The number of para-hydroxylation sites is 2. The van der Waals surface area contributed by atoms with Gasteiger partial charge in [0.25, 0.3) is 0 Å². The fourth-order valence-electron chi connectivity index (χ4n) is 6.13. The minimum Gasteiger partial charge on any atom is -0.508 e. The van der Waals surface area contributed by atoms with E-state index in [9.17, 15) is 14.7 Å². The molecule has 5 rings (SSSR count). The molecule has 3 aliphatic heterocycles. The van der Waals surface area contributed by atoms with Gasteiger partial charge in [-0.05, 0) is 56.3 Å². The van der Waals surface area contributed by atoms with Gasteiger partial charge in [-0.25, -0.2) is 0 Å². The van der Waals surface area contributed by atoms with E-state index in [2.05, 4.69) is 21.2 Å². The lowest BCUT2D eigenvalue weighted by atomic mass is 9.82. The van der Waals surface area contributed by atoms with Crippen LogP contribution in [0, 0.1) is 11.8 Å². The molecule has 0 aliphatic carbocycles. The Morgan fingerprint density at radius 2 is 1.80 bits per heavy atom. The lowest BCUT2D eigenvalue weighted by molar-refractivity contribution is -0.135. The average molecular weight is 547 g/mol. The van der Waals surface area contributed by atoms with Gasteiger partial charge >= 0.3 is 0 Å². The fraction of sp³-hybridized carbons (Fsp3) is 0.500.